The molecular weight excluding hydrogens is 270 g/mol. The molecule has 1 saturated carbocycles. The Morgan fingerprint density at radius 2 is 2.14 bits per heavy atom. The molecule has 1 aromatic rings. The van der Waals surface area contributed by atoms with Gasteiger partial charge in [0.25, 0.3) is 0 Å². The van der Waals surface area contributed by atoms with Gasteiger partial charge in [0.05, 0.1) is 11.7 Å². The molecule has 1 unspecified atom stereocenters. The Bertz CT molecular complexity index is 537. The van der Waals surface area contributed by atoms with E-state index in [-0.39, 0.29) is 23.0 Å². The summed E-state index contributed by atoms with van der Waals surface area (Å²) in [5.74, 6) is -0.749. The summed E-state index contributed by atoms with van der Waals surface area (Å²) in [6, 6.07) is 4.90. The normalized spacial score (nSPS) is 23.5. The molecule has 1 aliphatic heterocycles. The number of aromatic carboxylic acids is 1. The Kier molecular flexibility index (Phi) is 3.76. The van der Waals surface area contributed by atoms with Gasteiger partial charge in [-0.25, -0.2) is 4.79 Å². The van der Waals surface area contributed by atoms with E-state index in [1.807, 2.05) is 0 Å². The summed E-state index contributed by atoms with van der Waals surface area (Å²) >= 11 is 0. The maximum absolute atomic E-state index is 11.3. The van der Waals surface area contributed by atoms with Gasteiger partial charge in [0.15, 0.2) is 0 Å². The van der Waals surface area contributed by atoms with Gasteiger partial charge in [0, 0.05) is 5.69 Å². The quantitative estimate of drug-likeness (QED) is 0.834. The molecule has 1 aromatic carbocycles. The van der Waals surface area contributed by atoms with Crippen LogP contribution in [0.1, 0.15) is 48.9 Å². The second-order valence-electron chi connectivity index (χ2n) is 6.01. The van der Waals surface area contributed by atoms with E-state index >= 15 is 0 Å². The van der Waals surface area contributed by atoms with E-state index in [9.17, 15) is 9.90 Å². The Morgan fingerprint density at radius 1 is 1.38 bits per heavy atom. The van der Waals surface area contributed by atoms with E-state index in [0.29, 0.717) is 12.4 Å². The number of nitrogens with two attached hydrogens (primary N) is 1. The van der Waals surface area contributed by atoms with E-state index in [4.69, 9.17) is 15.2 Å². The lowest BCUT2D eigenvalue weighted by Crippen LogP contribution is -2.27. The molecule has 0 amide bonds. The standard InChI is InChI=1S/C16H21NO4/c17-12-4-3-5-13(14(12)15(18)19)20-10-11-6-9-16(21-11)7-1-2-8-16/h3-5,11H,1-2,6-10,17H2,(H,18,19). The number of hydrogen-bond acceptors (Lipinski definition) is 4. The van der Waals surface area contributed by atoms with Crippen LogP contribution in [0.25, 0.3) is 0 Å². The van der Waals surface area contributed by atoms with Crippen molar-refractivity contribution in [2.24, 2.45) is 0 Å². The van der Waals surface area contributed by atoms with E-state index in [1.165, 1.54) is 12.8 Å². The fourth-order valence-electron chi connectivity index (χ4n) is 3.48. The van der Waals surface area contributed by atoms with Crippen molar-refractivity contribution in [1.29, 1.82) is 0 Å². The number of rotatable bonds is 4. The van der Waals surface area contributed by atoms with Gasteiger partial charge in [-0.15, -0.1) is 0 Å². The molecule has 5 nitrogen and oxygen atoms in total. The zero-order valence-corrected chi connectivity index (χ0v) is 12.0. The molecule has 1 atom stereocenters. The van der Waals surface area contributed by atoms with Crippen LogP contribution in [0.2, 0.25) is 0 Å². The van der Waals surface area contributed by atoms with Crippen LogP contribution in [0.3, 0.4) is 0 Å². The number of benzene rings is 1. The molecule has 0 radical (unpaired) electrons. The second kappa shape index (κ2) is 5.56. The monoisotopic (exact) mass is 291 g/mol. The van der Waals surface area contributed by atoms with Crippen LogP contribution in [0.4, 0.5) is 5.69 Å². The maximum Gasteiger partial charge on any atom is 0.341 e. The zero-order valence-electron chi connectivity index (χ0n) is 12.0. The van der Waals surface area contributed by atoms with E-state index in [2.05, 4.69) is 0 Å². The largest absolute Gasteiger partial charge is 0.490 e. The molecule has 1 aliphatic carbocycles. The molecule has 5 heteroatoms. The third kappa shape index (κ3) is 2.83. The summed E-state index contributed by atoms with van der Waals surface area (Å²) in [6.45, 7) is 0.380. The molecule has 3 rings (SSSR count). The topological polar surface area (TPSA) is 81.8 Å². The number of carbonyl (C=O) groups is 1. The fourth-order valence-corrected chi connectivity index (χ4v) is 3.48. The van der Waals surface area contributed by atoms with Gasteiger partial charge in [-0.1, -0.05) is 18.9 Å². The minimum atomic E-state index is -1.07. The number of carboxylic acid groups (broad SMARTS) is 1. The molecule has 2 fully saturated rings. The first-order valence-corrected chi connectivity index (χ1v) is 7.52. The van der Waals surface area contributed by atoms with Gasteiger partial charge in [-0.05, 0) is 37.8 Å². The van der Waals surface area contributed by atoms with Gasteiger partial charge in [-0.3, -0.25) is 0 Å². The highest BCUT2D eigenvalue weighted by molar-refractivity contribution is 5.96. The maximum atomic E-state index is 11.3. The highest BCUT2D eigenvalue weighted by Gasteiger charge is 2.42. The third-order valence-corrected chi connectivity index (χ3v) is 4.55. The van der Waals surface area contributed by atoms with Gasteiger partial charge in [0.2, 0.25) is 0 Å². The van der Waals surface area contributed by atoms with Gasteiger partial charge < -0.3 is 20.3 Å². The Balaban J connectivity index is 1.64. The van der Waals surface area contributed by atoms with Crippen molar-refractivity contribution in [1.82, 2.24) is 0 Å². The fraction of sp³-hybridized carbons (Fsp3) is 0.562. The molecular formula is C16H21NO4. The van der Waals surface area contributed by atoms with Crippen LogP contribution in [0.15, 0.2) is 18.2 Å². The average molecular weight is 291 g/mol. The van der Waals surface area contributed by atoms with Gasteiger partial charge in [0.1, 0.15) is 17.9 Å². The van der Waals surface area contributed by atoms with Crippen LogP contribution < -0.4 is 10.5 Å². The summed E-state index contributed by atoms with van der Waals surface area (Å²) in [7, 11) is 0. The van der Waals surface area contributed by atoms with Crippen LogP contribution in [-0.2, 0) is 4.74 Å². The van der Waals surface area contributed by atoms with Crippen molar-refractivity contribution in [3.05, 3.63) is 23.8 Å². The van der Waals surface area contributed by atoms with Crippen LogP contribution in [-0.4, -0.2) is 29.4 Å². The first-order valence-electron chi connectivity index (χ1n) is 7.52. The van der Waals surface area contributed by atoms with E-state index in [0.717, 1.165) is 25.7 Å². The van der Waals surface area contributed by atoms with Crippen molar-refractivity contribution in [2.45, 2.75) is 50.2 Å². The lowest BCUT2D eigenvalue weighted by atomic mass is 9.98. The molecule has 21 heavy (non-hydrogen) atoms. The molecule has 0 bridgehead atoms. The minimum absolute atomic E-state index is 0.0334. The molecule has 1 saturated heterocycles. The predicted molar refractivity (Wildman–Crippen MR) is 78.6 cm³/mol. The average Bonchev–Trinajstić information content (AvgIpc) is 3.07. The summed E-state index contributed by atoms with van der Waals surface area (Å²) in [6.07, 6.45) is 6.88. The highest BCUT2D eigenvalue weighted by Crippen LogP contribution is 2.43. The first kappa shape index (κ1) is 14.2. The summed E-state index contributed by atoms with van der Waals surface area (Å²) < 4.78 is 11.8. The number of anilines is 1. The smallest absolute Gasteiger partial charge is 0.341 e. The van der Waals surface area contributed by atoms with Gasteiger partial charge in [-0.2, -0.15) is 0 Å². The van der Waals surface area contributed by atoms with Crippen molar-refractivity contribution >= 4 is 11.7 Å². The molecule has 0 aromatic heterocycles. The van der Waals surface area contributed by atoms with Crippen molar-refractivity contribution in [3.8, 4) is 5.75 Å². The van der Waals surface area contributed by atoms with E-state index in [1.54, 1.807) is 18.2 Å². The second-order valence-corrected chi connectivity index (χ2v) is 6.01. The summed E-state index contributed by atoms with van der Waals surface area (Å²) in [5, 5.41) is 9.21. The lowest BCUT2D eigenvalue weighted by molar-refractivity contribution is -0.0509. The molecule has 114 valence electrons. The number of nitrogen functional groups attached to an aromatic ring is 1. The minimum Gasteiger partial charge on any atom is -0.490 e. The Hall–Kier alpha value is -1.75. The summed E-state index contributed by atoms with van der Waals surface area (Å²) in [4.78, 5) is 11.3. The third-order valence-electron chi connectivity index (χ3n) is 4.55. The Labute approximate surface area is 124 Å². The Morgan fingerprint density at radius 3 is 2.86 bits per heavy atom. The van der Waals surface area contributed by atoms with Gasteiger partial charge >= 0.3 is 5.97 Å². The zero-order chi connectivity index (χ0) is 14.9. The number of hydrogen-bond donors (Lipinski definition) is 2. The van der Waals surface area contributed by atoms with Crippen molar-refractivity contribution in [2.75, 3.05) is 12.3 Å². The van der Waals surface area contributed by atoms with E-state index < -0.39 is 5.97 Å². The van der Waals surface area contributed by atoms with Crippen molar-refractivity contribution < 1.29 is 19.4 Å². The highest BCUT2D eigenvalue weighted by atomic mass is 16.6. The molecule has 1 heterocycles. The first-order chi connectivity index (χ1) is 10.1. The van der Waals surface area contributed by atoms with Crippen LogP contribution in [0, 0.1) is 0 Å². The van der Waals surface area contributed by atoms with Crippen molar-refractivity contribution in [3.63, 3.8) is 0 Å². The lowest BCUT2D eigenvalue weighted by Gasteiger charge is -2.24. The SMILES string of the molecule is Nc1cccc(OCC2CCC3(CCCC3)O2)c1C(=O)O. The number of carboxylic acids is 1. The molecule has 2 aliphatic rings. The summed E-state index contributed by atoms with van der Waals surface area (Å²) in [5.41, 5.74) is 6.03. The molecule has 3 N–H and O–H groups in total. The molecule has 1 spiro atoms. The van der Waals surface area contributed by atoms with Crippen LogP contribution >= 0.6 is 0 Å². The van der Waals surface area contributed by atoms with Crippen LogP contribution in [0.5, 0.6) is 5.75 Å². The predicted octanol–water partition coefficient (Wildman–Crippen LogP) is 2.84. The number of ether oxygens (including phenoxy) is 2.